The number of aromatic nitrogens is 1. The number of guanidine groups is 1. The van der Waals surface area contributed by atoms with Gasteiger partial charge in [0.2, 0.25) is 0 Å². The third kappa shape index (κ3) is 6.19. The SMILES string of the molecule is CCNC(=NCCc1c(C)noc1C)NC1CCCN(Cc2ccc(F)cc2Cl)C1. The lowest BCUT2D eigenvalue weighted by molar-refractivity contribution is 0.192. The number of aryl methyl sites for hydroxylation is 2. The summed E-state index contributed by atoms with van der Waals surface area (Å²) in [6, 6.07) is 4.92. The van der Waals surface area contributed by atoms with Crippen LogP contribution < -0.4 is 10.6 Å². The van der Waals surface area contributed by atoms with Gasteiger partial charge in [-0.2, -0.15) is 0 Å². The van der Waals surface area contributed by atoms with Crippen molar-refractivity contribution in [2.75, 3.05) is 26.2 Å². The van der Waals surface area contributed by atoms with Crippen LogP contribution in [0.1, 0.15) is 42.3 Å². The van der Waals surface area contributed by atoms with E-state index in [2.05, 4.69) is 27.6 Å². The van der Waals surface area contributed by atoms with E-state index in [0.29, 0.717) is 17.6 Å². The summed E-state index contributed by atoms with van der Waals surface area (Å²) in [4.78, 5) is 7.10. The van der Waals surface area contributed by atoms with Crippen molar-refractivity contribution in [3.8, 4) is 0 Å². The van der Waals surface area contributed by atoms with Crippen molar-refractivity contribution in [2.24, 2.45) is 4.99 Å². The Bertz CT molecular complexity index is 850. The quantitative estimate of drug-likeness (QED) is 0.511. The third-order valence-corrected chi connectivity index (χ3v) is 5.76. The highest BCUT2D eigenvalue weighted by molar-refractivity contribution is 6.31. The van der Waals surface area contributed by atoms with Gasteiger partial charge in [0.05, 0.1) is 5.69 Å². The third-order valence-electron chi connectivity index (χ3n) is 5.41. The molecule has 6 nitrogen and oxygen atoms in total. The van der Waals surface area contributed by atoms with Crippen molar-refractivity contribution in [1.82, 2.24) is 20.7 Å². The maximum atomic E-state index is 13.3. The first-order valence-electron chi connectivity index (χ1n) is 10.6. The van der Waals surface area contributed by atoms with Crippen LogP contribution in [0.3, 0.4) is 0 Å². The Hall–Kier alpha value is -2.12. The first kappa shape index (κ1) is 22.6. The summed E-state index contributed by atoms with van der Waals surface area (Å²) in [5, 5.41) is 11.4. The number of nitrogens with one attached hydrogen (secondary N) is 2. The topological polar surface area (TPSA) is 65.7 Å². The summed E-state index contributed by atoms with van der Waals surface area (Å²) in [5.74, 6) is 1.39. The van der Waals surface area contributed by atoms with Gasteiger partial charge in [-0.25, -0.2) is 4.39 Å². The number of nitrogens with zero attached hydrogens (tertiary/aromatic N) is 3. The molecule has 0 saturated carbocycles. The van der Waals surface area contributed by atoms with Crippen LogP contribution in [0, 0.1) is 19.7 Å². The lowest BCUT2D eigenvalue weighted by Gasteiger charge is -2.34. The number of hydrogen-bond donors (Lipinski definition) is 2. The van der Waals surface area contributed by atoms with E-state index in [1.54, 1.807) is 6.07 Å². The summed E-state index contributed by atoms with van der Waals surface area (Å²) in [6.45, 7) is 10.0. The smallest absolute Gasteiger partial charge is 0.191 e. The molecule has 0 spiro atoms. The molecule has 1 aromatic carbocycles. The number of halogens is 2. The number of aliphatic imine (C=N–C) groups is 1. The normalized spacial score (nSPS) is 17.9. The minimum atomic E-state index is -0.301. The maximum absolute atomic E-state index is 13.3. The second-order valence-corrected chi connectivity index (χ2v) is 8.17. The molecule has 0 amide bonds. The highest BCUT2D eigenvalue weighted by Crippen LogP contribution is 2.21. The highest BCUT2D eigenvalue weighted by atomic mass is 35.5. The van der Waals surface area contributed by atoms with E-state index in [4.69, 9.17) is 21.1 Å². The molecule has 1 aliphatic rings. The molecule has 1 aliphatic heterocycles. The fraction of sp³-hybridized carbons (Fsp3) is 0.545. The van der Waals surface area contributed by atoms with Gasteiger partial charge in [0.15, 0.2) is 5.96 Å². The van der Waals surface area contributed by atoms with Crippen molar-refractivity contribution in [3.63, 3.8) is 0 Å². The minimum Gasteiger partial charge on any atom is -0.361 e. The summed E-state index contributed by atoms with van der Waals surface area (Å²) < 4.78 is 18.5. The van der Waals surface area contributed by atoms with Crippen molar-refractivity contribution >= 4 is 17.6 Å². The zero-order valence-corrected chi connectivity index (χ0v) is 18.7. The Morgan fingerprint density at radius 2 is 2.23 bits per heavy atom. The number of rotatable bonds is 7. The molecule has 2 heterocycles. The Kier molecular flexibility index (Phi) is 8.10. The second-order valence-electron chi connectivity index (χ2n) is 7.77. The molecule has 0 aliphatic carbocycles. The lowest BCUT2D eigenvalue weighted by atomic mass is 10.0. The molecule has 3 rings (SSSR count). The van der Waals surface area contributed by atoms with Crippen LogP contribution in [0.25, 0.3) is 0 Å². The van der Waals surface area contributed by atoms with E-state index < -0.39 is 0 Å². The molecule has 30 heavy (non-hydrogen) atoms. The zero-order valence-electron chi connectivity index (χ0n) is 18.0. The molecule has 0 bridgehead atoms. The summed E-state index contributed by atoms with van der Waals surface area (Å²) in [5.41, 5.74) is 3.02. The van der Waals surface area contributed by atoms with Crippen LogP contribution in [0.5, 0.6) is 0 Å². The minimum absolute atomic E-state index is 0.301. The largest absolute Gasteiger partial charge is 0.361 e. The molecule has 1 atom stereocenters. The fourth-order valence-corrected chi connectivity index (χ4v) is 4.09. The van der Waals surface area contributed by atoms with Crippen molar-refractivity contribution < 1.29 is 8.91 Å². The molecule has 2 N–H and O–H groups in total. The van der Waals surface area contributed by atoms with Gasteiger partial charge in [-0.1, -0.05) is 22.8 Å². The van der Waals surface area contributed by atoms with Crippen molar-refractivity contribution in [2.45, 2.75) is 52.6 Å². The van der Waals surface area contributed by atoms with Crippen LogP contribution in [0.2, 0.25) is 5.02 Å². The van der Waals surface area contributed by atoms with Crippen molar-refractivity contribution in [1.29, 1.82) is 0 Å². The standard InChI is InChI=1S/C22H31ClFN5O/c1-4-25-22(26-10-9-20-15(2)28-30-16(20)3)27-19-6-5-11-29(14-19)13-17-7-8-18(24)12-21(17)23/h7-8,12,19H,4-6,9-11,13-14H2,1-3H3,(H2,25,26,27). The van der Waals surface area contributed by atoms with Gasteiger partial charge in [0, 0.05) is 42.8 Å². The predicted molar refractivity (Wildman–Crippen MR) is 119 cm³/mol. The Labute approximate surface area is 182 Å². The van der Waals surface area contributed by atoms with Crippen LogP contribution >= 0.6 is 11.6 Å². The van der Waals surface area contributed by atoms with E-state index in [-0.39, 0.29) is 5.82 Å². The Balaban J connectivity index is 1.56. The maximum Gasteiger partial charge on any atom is 0.191 e. The number of benzene rings is 1. The number of hydrogen-bond acceptors (Lipinski definition) is 4. The molecule has 2 aromatic rings. The van der Waals surface area contributed by atoms with Crippen LogP contribution in [0.4, 0.5) is 4.39 Å². The fourth-order valence-electron chi connectivity index (χ4n) is 3.86. The van der Waals surface area contributed by atoms with Gasteiger partial charge in [-0.3, -0.25) is 9.89 Å². The Morgan fingerprint density at radius 3 is 2.93 bits per heavy atom. The molecule has 0 radical (unpaired) electrons. The van der Waals surface area contributed by atoms with E-state index in [1.165, 1.54) is 12.1 Å². The zero-order chi connectivity index (χ0) is 21.5. The summed E-state index contributed by atoms with van der Waals surface area (Å²) in [6.07, 6.45) is 2.98. The first-order chi connectivity index (χ1) is 14.5. The van der Waals surface area contributed by atoms with E-state index in [1.807, 2.05) is 13.8 Å². The molecular formula is C22H31ClFN5O. The average molecular weight is 436 g/mol. The van der Waals surface area contributed by atoms with Gasteiger partial charge in [0.25, 0.3) is 0 Å². The summed E-state index contributed by atoms with van der Waals surface area (Å²) >= 11 is 6.21. The second kappa shape index (κ2) is 10.8. The van der Waals surface area contributed by atoms with Gasteiger partial charge >= 0.3 is 0 Å². The molecule has 1 aromatic heterocycles. The molecule has 1 saturated heterocycles. The van der Waals surface area contributed by atoms with E-state index in [9.17, 15) is 4.39 Å². The summed E-state index contributed by atoms with van der Waals surface area (Å²) in [7, 11) is 0. The van der Waals surface area contributed by atoms with Crippen molar-refractivity contribution in [3.05, 3.63) is 51.6 Å². The van der Waals surface area contributed by atoms with E-state index in [0.717, 1.165) is 74.0 Å². The van der Waals surface area contributed by atoms with E-state index >= 15 is 0 Å². The molecule has 164 valence electrons. The van der Waals surface area contributed by atoms with Gasteiger partial charge in [0.1, 0.15) is 11.6 Å². The predicted octanol–water partition coefficient (Wildman–Crippen LogP) is 3.85. The molecular weight excluding hydrogens is 405 g/mol. The van der Waals surface area contributed by atoms with Crippen LogP contribution in [-0.2, 0) is 13.0 Å². The highest BCUT2D eigenvalue weighted by Gasteiger charge is 2.21. The lowest BCUT2D eigenvalue weighted by Crippen LogP contribution is -2.51. The van der Waals surface area contributed by atoms with Gasteiger partial charge in [-0.05, 0) is 64.3 Å². The number of likely N-dealkylation sites (tertiary alicyclic amines) is 1. The molecule has 1 fully saturated rings. The average Bonchev–Trinajstić information content (AvgIpc) is 3.03. The van der Waals surface area contributed by atoms with Gasteiger partial charge < -0.3 is 15.2 Å². The molecule has 1 unspecified atom stereocenters. The van der Waals surface area contributed by atoms with Crippen LogP contribution in [-0.4, -0.2) is 48.2 Å². The Morgan fingerprint density at radius 1 is 1.40 bits per heavy atom. The molecule has 8 heteroatoms. The first-order valence-corrected chi connectivity index (χ1v) is 11.0. The monoisotopic (exact) mass is 435 g/mol. The van der Waals surface area contributed by atoms with Gasteiger partial charge in [-0.15, -0.1) is 0 Å². The number of piperidine rings is 1. The van der Waals surface area contributed by atoms with Crippen LogP contribution in [0.15, 0.2) is 27.7 Å².